The Labute approximate surface area is 128 Å². The van der Waals surface area contributed by atoms with Gasteiger partial charge in [-0.05, 0) is 24.6 Å². The second-order valence-electron chi connectivity index (χ2n) is 4.43. The van der Waals surface area contributed by atoms with Gasteiger partial charge < -0.3 is 9.64 Å². The fourth-order valence-electron chi connectivity index (χ4n) is 1.82. The maximum absolute atomic E-state index is 6.03. The summed E-state index contributed by atoms with van der Waals surface area (Å²) in [6.07, 6.45) is 0. The minimum Gasteiger partial charge on any atom is -0.467 e. The second kappa shape index (κ2) is 6.55. The first-order valence-corrected chi connectivity index (χ1v) is 6.68. The number of hydrogen-bond donors (Lipinski definition) is 2. The summed E-state index contributed by atoms with van der Waals surface area (Å²) in [5, 5.41) is 0.685. The SMILES string of the molecule is COc1nc(NN)nc(N(C)C(C)c2cccc(Cl)c2)n1. The number of nitrogens with two attached hydrogens (primary N) is 1. The van der Waals surface area contributed by atoms with Gasteiger partial charge in [-0.2, -0.15) is 15.0 Å². The van der Waals surface area contributed by atoms with Crippen LogP contribution in [-0.4, -0.2) is 29.1 Å². The highest BCUT2D eigenvalue weighted by molar-refractivity contribution is 6.30. The van der Waals surface area contributed by atoms with E-state index in [2.05, 4.69) is 20.4 Å². The van der Waals surface area contributed by atoms with Gasteiger partial charge in [0.25, 0.3) is 0 Å². The van der Waals surface area contributed by atoms with Crippen LogP contribution < -0.4 is 20.9 Å². The molecule has 2 rings (SSSR count). The van der Waals surface area contributed by atoms with E-state index in [9.17, 15) is 0 Å². The Bertz CT molecular complexity index is 601. The van der Waals surface area contributed by atoms with Crippen molar-refractivity contribution in [2.45, 2.75) is 13.0 Å². The first-order valence-electron chi connectivity index (χ1n) is 6.30. The number of ether oxygens (including phenoxy) is 1. The number of methoxy groups -OCH3 is 1. The molecule has 0 radical (unpaired) electrons. The van der Waals surface area contributed by atoms with Crippen LogP contribution in [0.3, 0.4) is 0 Å². The first-order chi connectivity index (χ1) is 10.0. The Hall–Kier alpha value is -2.12. The minimum atomic E-state index is 0.0152. The van der Waals surface area contributed by atoms with Crippen LogP contribution in [0.4, 0.5) is 11.9 Å². The molecule has 1 aromatic heterocycles. The molecule has 7 nitrogen and oxygen atoms in total. The number of hydrazine groups is 1. The molecular weight excluding hydrogens is 292 g/mol. The molecule has 0 saturated carbocycles. The zero-order valence-corrected chi connectivity index (χ0v) is 12.8. The Morgan fingerprint density at radius 3 is 2.71 bits per heavy atom. The minimum absolute atomic E-state index is 0.0152. The summed E-state index contributed by atoms with van der Waals surface area (Å²) < 4.78 is 5.05. The molecule has 112 valence electrons. The summed E-state index contributed by atoms with van der Waals surface area (Å²) in [4.78, 5) is 14.3. The van der Waals surface area contributed by atoms with E-state index >= 15 is 0 Å². The van der Waals surface area contributed by atoms with Crippen molar-refractivity contribution in [2.24, 2.45) is 5.84 Å². The topological polar surface area (TPSA) is 89.2 Å². The second-order valence-corrected chi connectivity index (χ2v) is 4.87. The maximum atomic E-state index is 6.03. The Morgan fingerprint density at radius 1 is 1.33 bits per heavy atom. The Balaban J connectivity index is 2.32. The predicted octanol–water partition coefficient (Wildman–Crippen LogP) is 2.02. The molecule has 0 saturated heterocycles. The Kier molecular flexibility index (Phi) is 4.77. The number of nitrogens with one attached hydrogen (secondary N) is 1. The van der Waals surface area contributed by atoms with Crippen LogP contribution in [0.1, 0.15) is 18.5 Å². The summed E-state index contributed by atoms with van der Waals surface area (Å²) in [6, 6.07) is 7.85. The fourth-order valence-corrected chi connectivity index (χ4v) is 2.02. The molecule has 2 aromatic rings. The van der Waals surface area contributed by atoms with Gasteiger partial charge in [0.2, 0.25) is 11.9 Å². The van der Waals surface area contributed by atoms with Gasteiger partial charge in [0.15, 0.2) is 0 Å². The largest absolute Gasteiger partial charge is 0.467 e. The number of benzene rings is 1. The van der Waals surface area contributed by atoms with Crippen LogP contribution in [0.5, 0.6) is 6.01 Å². The third kappa shape index (κ3) is 3.50. The number of nitrogen functional groups attached to an aromatic ring is 1. The van der Waals surface area contributed by atoms with Gasteiger partial charge in [-0.1, -0.05) is 23.7 Å². The molecule has 8 heteroatoms. The third-order valence-corrected chi connectivity index (χ3v) is 3.38. The molecule has 0 amide bonds. The number of halogens is 1. The summed E-state index contributed by atoms with van der Waals surface area (Å²) in [6.45, 7) is 2.03. The number of anilines is 2. The van der Waals surface area contributed by atoms with Gasteiger partial charge in [0, 0.05) is 12.1 Å². The molecule has 1 heterocycles. The van der Waals surface area contributed by atoms with E-state index in [-0.39, 0.29) is 18.0 Å². The van der Waals surface area contributed by atoms with Gasteiger partial charge >= 0.3 is 6.01 Å². The molecule has 0 fully saturated rings. The number of aromatic nitrogens is 3. The highest BCUT2D eigenvalue weighted by Crippen LogP contribution is 2.25. The highest BCUT2D eigenvalue weighted by atomic mass is 35.5. The van der Waals surface area contributed by atoms with Crippen molar-refractivity contribution >= 4 is 23.5 Å². The summed E-state index contributed by atoms with van der Waals surface area (Å²) in [5.74, 6) is 6.04. The zero-order valence-electron chi connectivity index (χ0n) is 12.0. The van der Waals surface area contributed by atoms with Gasteiger partial charge in [0.05, 0.1) is 13.2 Å². The van der Waals surface area contributed by atoms with Crippen molar-refractivity contribution in [3.8, 4) is 6.01 Å². The summed E-state index contributed by atoms with van der Waals surface area (Å²) >= 11 is 6.03. The van der Waals surface area contributed by atoms with Crippen molar-refractivity contribution < 1.29 is 4.74 Å². The van der Waals surface area contributed by atoms with Gasteiger partial charge in [-0.15, -0.1) is 0 Å². The van der Waals surface area contributed by atoms with E-state index in [1.807, 2.05) is 43.1 Å². The van der Waals surface area contributed by atoms with E-state index in [1.165, 1.54) is 7.11 Å². The van der Waals surface area contributed by atoms with E-state index in [1.54, 1.807) is 0 Å². The van der Waals surface area contributed by atoms with Crippen LogP contribution in [0, 0.1) is 0 Å². The standard InChI is InChI=1S/C13H17ClN6O/c1-8(9-5-4-6-10(14)7-9)20(2)12-16-11(19-15)17-13(18-12)21-3/h4-8H,15H2,1-3H3,(H,16,17,18,19). The van der Waals surface area contributed by atoms with Crippen molar-refractivity contribution in [1.29, 1.82) is 0 Å². The fraction of sp³-hybridized carbons (Fsp3) is 0.308. The molecule has 0 aliphatic rings. The van der Waals surface area contributed by atoms with Crippen molar-refractivity contribution in [2.75, 3.05) is 24.5 Å². The van der Waals surface area contributed by atoms with Gasteiger partial charge in [-0.3, -0.25) is 5.43 Å². The van der Waals surface area contributed by atoms with Crippen molar-refractivity contribution in [3.05, 3.63) is 34.9 Å². The van der Waals surface area contributed by atoms with E-state index in [0.29, 0.717) is 11.0 Å². The van der Waals surface area contributed by atoms with Gasteiger partial charge in [-0.25, -0.2) is 5.84 Å². The van der Waals surface area contributed by atoms with Crippen LogP contribution in [0.2, 0.25) is 5.02 Å². The Morgan fingerprint density at radius 2 is 2.10 bits per heavy atom. The summed E-state index contributed by atoms with van der Waals surface area (Å²) in [5.41, 5.74) is 3.44. The lowest BCUT2D eigenvalue weighted by Crippen LogP contribution is -2.25. The molecule has 1 unspecified atom stereocenters. The monoisotopic (exact) mass is 308 g/mol. The summed E-state index contributed by atoms with van der Waals surface area (Å²) in [7, 11) is 3.36. The lowest BCUT2D eigenvalue weighted by molar-refractivity contribution is 0.378. The molecule has 1 aromatic carbocycles. The molecule has 0 aliphatic carbocycles. The van der Waals surface area contributed by atoms with Crippen molar-refractivity contribution in [3.63, 3.8) is 0 Å². The van der Waals surface area contributed by atoms with Gasteiger partial charge in [0.1, 0.15) is 0 Å². The molecular formula is C13H17ClN6O. The van der Waals surface area contributed by atoms with Crippen LogP contribution >= 0.6 is 11.6 Å². The van der Waals surface area contributed by atoms with Crippen LogP contribution in [0.25, 0.3) is 0 Å². The van der Waals surface area contributed by atoms with E-state index < -0.39 is 0 Å². The molecule has 21 heavy (non-hydrogen) atoms. The molecule has 0 spiro atoms. The molecule has 0 aliphatic heterocycles. The average molecular weight is 309 g/mol. The molecule has 3 N–H and O–H groups in total. The van der Waals surface area contributed by atoms with Crippen LogP contribution in [-0.2, 0) is 0 Å². The first kappa shape index (κ1) is 15.3. The lowest BCUT2D eigenvalue weighted by atomic mass is 10.1. The van der Waals surface area contributed by atoms with E-state index in [4.69, 9.17) is 22.2 Å². The molecule has 0 bridgehead atoms. The van der Waals surface area contributed by atoms with Crippen molar-refractivity contribution in [1.82, 2.24) is 15.0 Å². The maximum Gasteiger partial charge on any atom is 0.322 e. The smallest absolute Gasteiger partial charge is 0.322 e. The predicted molar refractivity (Wildman–Crippen MR) is 82.5 cm³/mol. The molecule has 1 atom stereocenters. The van der Waals surface area contributed by atoms with Crippen LogP contribution in [0.15, 0.2) is 24.3 Å². The number of rotatable bonds is 5. The quantitative estimate of drug-likeness (QED) is 0.645. The lowest BCUT2D eigenvalue weighted by Gasteiger charge is -2.25. The third-order valence-electron chi connectivity index (χ3n) is 3.14. The average Bonchev–Trinajstić information content (AvgIpc) is 2.52. The highest BCUT2D eigenvalue weighted by Gasteiger charge is 2.17. The number of hydrogen-bond acceptors (Lipinski definition) is 7. The zero-order chi connectivity index (χ0) is 15.4. The van der Waals surface area contributed by atoms with E-state index in [0.717, 1.165) is 5.56 Å². The normalized spacial score (nSPS) is 11.9. The number of nitrogens with zero attached hydrogens (tertiary/aromatic N) is 4.